The molecule has 1 fully saturated rings. The summed E-state index contributed by atoms with van der Waals surface area (Å²) in [6.07, 6.45) is -7.76. The van der Waals surface area contributed by atoms with Crippen LogP contribution in [-0.2, 0) is 22.4 Å². The van der Waals surface area contributed by atoms with Crippen LogP contribution in [0.25, 0.3) is 0 Å². The number of ketones is 2. The zero-order valence-corrected chi connectivity index (χ0v) is 23.2. The van der Waals surface area contributed by atoms with E-state index in [1.807, 2.05) is 0 Å². The van der Waals surface area contributed by atoms with Gasteiger partial charge in [-0.3, -0.25) is 14.4 Å². The minimum Gasteiger partial charge on any atom is -0.326 e. The number of rotatable bonds is 8. The van der Waals surface area contributed by atoms with Gasteiger partial charge in [-0.15, -0.1) is 23.2 Å². The third kappa shape index (κ3) is 6.51. The molecule has 1 aliphatic rings. The Balaban J connectivity index is 1.52. The number of alkyl halides is 5. The van der Waals surface area contributed by atoms with Gasteiger partial charge in [0.25, 0.3) is 0 Å². The second-order valence-electron chi connectivity index (χ2n) is 9.18. The molecule has 4 nitrogen and oxygen atoms in total. The van der Waals surface area contributed by atoms with Crippen molar-refractivity contribution in [2.45, 2.75) is 29.3 Å². The van der Waals surface area contributed by atoms with Crippen molar-refractivity contribution < 1.29 is 40.7 Å². The van der Waals surface area contributed by atoms with E-state index in [0.29, 0.717) is 17.7 Å². The van der Waals surface area contributed by atoms with Crippen molar-refractivity contribution in [2.24, 2.45) is 5.92 Å². The van der Waals surface area contributed by atoms with E-state index >= 15 is 0 Å². The Morgan fingerprint density at radius 3 is 2.15 bits per heavy atom. The number of halogens is 10. The predicted octanol–water partition coefficient (Wildman–Crippen LogP) is 8.04. The van der Waals surface area contributed by atoms with Gasteiger partial charge in [-0.25, -0.2) is 13.2 Å². The smallest absolute Gasteiger partial charge is 0.326 e. The number of nitrogens with one attached hydrogen (secondary N) is 1. The zero-order valence-electron chi connectivity index (χ0n) is 20.2. The van der Waals surface area contributed by atoms with Crippen LogP contribution >= 0.6 is 46.4 Å². The Bertz CT molecular complexity index is 1580. The molecule has 0 spiro atoms. The van der Waals surface area contributed by atoms with Gasteiger partial charge in [0.2, 0.25) is 11.7 Å². The van der Waals surface area contributed by atoms with Gasteiger partial charge in [0.1, 0.15) is 21.8 Å². The molecule has 1 amide bonds. The van der Waals surface area contributed by atoms with Crippen LogP contribution in [-0.4, -0.2) is 28.0 Å². The average molecular weight is 657 g/mol. The number of carbonyl (C=O) groups is 3. The van der Waals surface area contributed by atoms with Crippen LogP contribution in [0.4, 0.5) is 32.0 Å². The molecule has 216 valence electrons. The minimum absolute atomic E-state index is 0.0749. The van der Waals surface area contributed by atoms with Gasteiger partial charge >= 0.3 is 6.18 Å². The highest BCUT2D eigenvalue weighted by molar-refractivity contribution is 6.53. The molecule has 0 unspecified atom stereocenters. The van der Waals surface area contributed by atoms with Crippen LogP contribution in [0.15, 0.2) is 48.5 Å². The van der Waals surface area contributed by atoms with Crippen LogP contribution in [0.3, 0.4) is 0 Å². The topological polar surface area (TPSA) is 63.2 Å². The third-order valence-electron chi connectivity index (χ3n) is 6.44. The van der Waals surface area contributed by atoms with E-state index in [9.17, 15) is 40.7 Å². The predicted molar refractivity (Wildman–Crippen MR) is 141 cm³/mol. The van der Waals surface area contributed by atoms with Gasteiger partial charge in [0, 0.05) is 30.0 Å². The molecule has 0 aromatic heterocycles. The highest BCUT2D eigenvalue weighted by Crippen LogP contribution is 2.65. The van der Waals surface area contributed by atoms with Gasteiger partial charge < -0.3 is 5.32 Å². The lowest BCUT2D eigenvalue weighted by Gasteiger charge is -2.12. The second kappa shape index (κ2) is 11.5. The SMILES string of the molecule is O=C(Cc1c(F)ccc(CC(=O)C(F)(F)F)c1F)c1cc(NC(=O)[C@H]2[C@H](c3ccc(Cl)c(Cl)c3)C2(Cl)Cl)ccc1F. The maximum atomic E-state index is 14.8. The first-order valence-corrected chi connectivity index (χ1v) is 13.1. The molecule has 2 atom stereocenters. The van der Waals surface area contributed by atoms with E-state index in [1.165, 1.54) is 12.1 Å². The Labute approximate surface area is 248 Å². The highest BCUT2D eigenvalue weighted by Gasteiger charge is 2.67. The summed E-state index contributed by atoms with van der Waals surface area (Å²) in [5.41, 5.74) is -1.95. The molecule has 1 N–H and O–H groups in total. The zero-order chi connectivity index (χ0) is 30.4. The van der Waals surface area contributed by atoms with Crippen molar-refractivity contribution in [1.82, 2.24) is 0 Å². The lowest BCUT2D eigenvalue weighted by Crippen LogP contribution is -2.25. The molecular formula is C27H15Cl4F6NO3. The fourth-order valence-electron chi connectivity index (χ4n) is 4.28. The normalized spacial score (nSPS) is 17.7. The summed E-state index contributed by atoms with van der Waals surface area (Å²) >= 11 is 24.6. The van der Waals surface area contributed by atoms with Crippen molar-refractivity contribution in [2.75, 3.05) is 5.32 Å². The van der Waals surface area contributed by atoms with Crippen molar-refractivity contribution >= 4 is 69.6 Å². The summed E-state index contributed by atoms with van der Waals surface area (Å²) in [6.45, 7) is 0. The molecule has 4 rings (SSSR count). The van der Waals surface area contributed by atoms with Crippen molar-refractivity contribution in [3.63, 3.8) is 0 Å². The van der Waals surface area contributed by atoms with E-state index in [2.05, 4.69) is 5.32 Å². The fraction of sp³-hybridized carbons (Fsp3) is 0.222. The Morgan fingerprint density at radius 2 is 1.51 bits per heavy atom. The number of Topliss-reactive ketones (excluding diaryl/α,β-unsaturated/α-hetero) is 2. The summed E-state index contributed by atoms with van der Waals surface area (Å²) in [5, 5.41) is 2.95. The maximum absolute atomic E-state index is 14.8. The number of hydrogen-bond donors (Lipinski definition) is 1. The van der Waals surface area contributed by atoms with E-state index in [1.54, 1.807) is 6.07 Å². The molecule has 0 heterocycles. The highest BCUT2D eigenvalue weighted by atomic mass is 35.5. The molecule has 0 bridgehead atoms. The monoisotopic (exact) mass is 655 g/mol. The Hall–Kier alpha value is -2.79. The van der Waals surface area contributed by atoms with Gasteiger partial charge in [-0.2, -0.15) is 13.2 Å². The van der Waals surface area contributed by atoms with Crippen LogP contribution in [0.1, 0.15) is 33.0 Å². The first-order valence-electron chi connectivity index (χ1n) is 11.5. The van der Waals surface area contributed by atoms with E-state index < -0.39 is 86.8 Å². The van der Waals surface area contributed by atoms with Crippen LogP contribution in [0, 0.1) is 23.4 Å². The largest absolute Gasteiger partial charge is 0.450 e. The summed E-state index contributed by atoms with van der Waals surface area (Å²) in [4.78, 5) is 37.0. The molecule has 0 aliphatic heterocycles. The molecule has 1 aliphatic carbocycles. The number of amides is 1. The quantitative estimate of drug-likeness (QED) is 0.152. The maximum Gasteiger partial charge on any atom is 0.450 e. The fourth-order valence-corrected chi connectivity index (χ4v) is 5.42. The van der Waals surface area contributed by atoms with Gasteiger partial charge in [0.15, 0.2) is 5.78 Å². The molecule has 3 aromatic rings. The van der Waals surface area contributed by atoms with Gasteiger partial charge in [0.05, 0.1) is 21.5 Å². The first kappa shape index (κ1) is 31.2. The lowest BCUT2D eigenvalue weighted by molar-refractivity contribution is -0.170. The van der Waals surface area contributed by atoms with E-state index in [4.69, 9.17) is 46.4 Å². The second-order valence-corrected chi connectivity index (χ2v) is 11.4. The molecule has 0 saturated heterocycles. The van der Waals surface area contributed by atoms with Gasteiger partial charge in [-0.05, 0) is 47.5 Å². The van der Waals surface area contributed by atoms with Gasteiger partial charge in [-0.1, -0.05) is 35.3 Å². The van der Waals surface area contributed by atoms with Crippen molar-refractivity contribution in [3.8, 4) is 0 Å². The Kier molecular flexibility index (Phi) is 8.72. The lowest BCUT2D eigenvalue weighted by atomic mass is 9.97. The molecule has 14 heteroatoms. The van der Waals surface area contributed by atoms with Crippen molar-refractivity contribution in [3.05, 3.63) is 98.3 Å². The molecular weight excluding hydrogens is 642 g/mol. The summed E-state index contributed by atoms with van der Waals surface area (Å²) in [5.74, 6) is -9.68. The van der Waals surface area contributed by atoms with Crippen molar-refractivity contribution in [1.29, 1.82) is 0 Å². The first-order chi connectivity index (χ1) is 19.0. The van der Waals surface area contributed by atoms with Crippen LogP contribution in [0.2, 0.25) is 10.0 Å². The van der Waals surface area contributed by atoms with E-state index in [0.717, 1.165) is 18.2 Å². The molecule has 0 radical (unpaired) electrons. The third-order valence-corrected chi connectivity index (χ3v) is 8.12. The summed E-state index contributed by atoms with van der Waals surface area (Å²) in [6, 6.07) is 8.71. The number of anilines is 1. The summed E-state index contributed by atoms with van der Waals surface area (Å²) in [7, 11) is 0. The Morgan fingerprint density at radius 1 is 0.854 bits per heavy atom. The number of benzene rings is 3. The summed E-state index contributed by atoms with van der Waals surface area (Å²) < 4.78 is 79.9. The van der Waals surface area contributed by atoms with Crippen LogP contribution < -0.4 is 5.32 Å². The average Bonchev–Trinajstić information content (AvgIpc) is 3.47. The number of carbonyl (C=O) groups excluding carboxylic acids is 3. The number of hydrogen-bond acceptors (Lipinski definition) is 3. The molecule has 1 saturated carbocycles. The minimum atomic E-state index is -5.25. The van der Waals surface area contributed by atoms with Crippen LogP contribution in [0.5, 0.6) is 0 Å². The molecule has 3 aromatic carbocycles. The standard InChI is InChI=1S/C27H15Cl4F6NO3/c28-16-4-1-11(7-17(16)29)22-23(26(22,30)31)25(41)38-13-3-6-18(32)14(9-13)20(39)10-15-19(33)5-2-12(24(15)34)8-21(40)27(35,36)37/h1-7,9,22-23H,8,10H2,(H,38,41)/t22-,23+/m0/s1. The molecule has 41 heavy (non-hydrogen) atoms. The van der Waals surface area contributed by atoms with E-state index in [-0.39, 0.29) is 15.7 Å².